The number of nitrogens with one attached hydrogen (secondary N) is 1. The number of likely N-dealkylation sites (N-methyl/N-ethyl adjacent to an activating group) is 1. The SMILES string of the molecule is CCNC(C)/C=C/c1ccnn1CC. The summed E-state index contributed by atoms with van der Waals surface area (Å²) >= 11 is 0. The number of aromatic nitrogens is 2. The van der Waals surface area contributed by atoms with E-state index in [2.05, 4.69) is 43.3 Å². The number of rotatable bonds is 5. The van der Waals surface area contributed by atoms with Crippen LogP contribution >= 0.6 is 0 Å². The first-order valence-electron chi connectivity index (χ1n) is 5.21. The lowest BCUT2D eigenvalue weighted by molar-refractivity contribution is 0.649. The third-order valence-corrected chi connectivity index (χ3v) is 2.13. The van der Waals surface area contributed by atoms with Crippen molar-refractivity contribution >= 4 is 6.08 Å². The summed E-state index contributed by atoms with van der Waals surface area (Å²) in [6, 6.07) is 2.44. The summed E-state index contributed by atoms with van der Waals surface area (Å²) in [5.74, 6) is 0. The molecule has 1 aromatic heterocycles. The fourth-order valence-corrected chi connectivity index (χ4v) is 1.38. The second-order valence-corrected chi connectivity index (χ2v) is 3.28. The molecule has 1 unspecified atom stereocenters. The van der Waals surface area contributed by atoms with Crippen molar-refractivity contribution in [1.29, 1.82) is 0 Å². The van der Waals surface area contributed by atoms with Gasteiger partial charge in [-0.15, -0.1) is 0 Å². The van der Waals surface area contributed by atoms with Gasteiger partial charge in [-0.3, -0.25) is 4.68 Å². The Labute approximate surface area is 85.8 Å². The zero-order valence-corrected chi connectivity index (χ0v) is 9.20. The molecular formula is C11H19N3. The standard InChI is InChI=1S/C11H19N3/c1-4-12-10(3)6-7-11-8-9-13-14(11)5-2/h6-10,12H,4-5H2,1-3H3/b7-6+. The zero-order valence-electron chi connectivity index (χ0n) is 9.20. The highest BCUT2D eigenvalue weighted by molar-refractivity contribution is 5.45. The molecule has 0 spiro atoms. The van der Waals surface area contributed by atoms with Gasteiger partial charge in [0.05, 0.1) is 5.69 Å². The summed E-state index contributed by atoms with van der Waals surface area (Å²) in [4.78, 5) is 0. The lowest BCUT2D eigenvalue weighted by atomic mass is 10.2. The average molecular weight is 193 g/mol. The Morgan fingerprint density at radius 2 is 2.36 bits per heavy atom. The van der Waals surface area contributed by atoms with Crippen molar-refractivity contribution in [1.82, 2.24) is 15.1 Å². The van der Waals surface area contributed by atoms with E-state index in [9.17, 15) is 0 Å². The summed E-state index contributed by atoms with van der Waals surface area (Å²) in [5.41, 5.74) is 1.16. The van der Waals surface area contributed by atoms with E-state index >= 15 is 0 Å². The first-order chi connectivity index (χ1) is 6.77. The monoisotopic (exact) mass is 193 g/mol. The van der Waals surface area contributed by atoms with Crippen molar-refractivity contribution in [2.45, 2.75) is 33.4 Å². The van der Waals surface area contributed by atoms with Crippen molar-refractivity contribution in [2.75, 3.05) is 6.54 Å². The molecule has 78 valence electrons. The molecular weight excluding hydrogens is 174 g/mol. The Bertz CT molecular complexity index is 288. The number of hydrogen-bond acceptors (Lipinski definition) is 2. The van der Waals surface area contributed by atoms with E-state index < -0.39 is 0 Å². The van der Waals surface area contributed by atoms with Gasteiger partial charge >= 0.3 is 0 Å². The smallest absolute Gasteiger partial charge is 0.0607 e. The maximum Gasteiger partial charge on any atom is 0.0607 e. The van der Waals surface area contributed by atoms with E-state index in [-0.39, 0.29) is 0 Å². The molecule has 0 aliphatic rings. The van der Waals surface area contributed by atoms with Crippen LogP contribution in [0.15, 0.2) is 18.3 Å². The molecule has 1 atom stereocenters. The third-order valence-electron chi connectivity index (χ3n) is 2.13. The van der Waals surface area contributed by atoms with Gasteiger partial charge in [0.25, 0.3) is 0 Å². The lowest BCUT2D eigenvalue weighted by Gasteiger charge is -2.06. The van der Waals surface area contributed by atoms with Gasteiger partial charge in [0, 0.05) is 18.8 Å². The average Bonchev–Trinajstić information content (AvgIpc) is 2.62. The Morgan fingerprint density at radius 3 is 3.00 bits per heavy atom. The summed E-state index contributed by atoms with van der Waals surface area (Å²) in [7, 11) is 0. The predicted octanol–water partition coefficient (Wildman–Crippen LogP) is 1.91. The van der Waals surface area contributed by atoms with Crippen LogP contribution in [-0.2, 0) is 6.54 Å². The molecule has 14 heavy (non-hydrogen) atoms. The molecule has 1 rings (SSSR count). The highest BCUT2D eigenvalue weighted by Crippen LogP contribution is 2.02. The minimum absolute atomic E-state index is 0.417. The van der Waals surface area contributed by atoms with Crippen molar-refractivity contribution in [3.63, 3.8) is 0 Å². The fraction of sp³-hybridized carbons (Fsp3) is 0.545. The second kappa shape index (κ2) is 5.60. The van der Waals surface area contributed by atoms with Gasteiger partial charge in [-0.25, -0.2) is 0 Å². The quantitative estimate of drug-likeness (QED) is 0.774. The van der Waals surface area contributed by atoms with E-state index in [1.54, 1.807) is 0 Å². The Kier molecular flexibility index (Phi) is 4.40. The molecule has 1 heterocycles. The molecule has 0 aliphatic carbocycles. The minimum Gasteiger partial charge on any atom is -0.311 e. The van der Waals surface area contributed by atoms with Crippen LogP contribution in [0.3, 0.4) is 0 Å². The van der Waals surface area contributed by atoms with Crippen LogP contribution in [0.4, 0.5) is 0 Å². The van der Waals surface area contributed by atoms with Gasteiger partial charge in [0.1, 0.15) is 0 Å². The van der Waals surface area contributed by atoms with Crippen LogP contribution in [0.5, 0.6) is 0 Å². The van der Waals surface area contributed by atoms with E-state index in [4.69, 9.17) is 0 Å². The molecule has 0 radical (unpaired) electrons. The van der Waals surface area contributed by atoms with E-state index in [1.807, 2.05) is 16.9 Å². The highest BCUT2D eigenvalue weighted by atomic mass is 15.3. The van der Waals surface area contributed by atoms with Gasteiger partial charge in [-0.1, -0.05) is 13.0 Å². The first-order valence-corrected chi connectivity index (χ1v) is 5.21. The third kappa shape index (κ3) is 3.00. The Morgan fingerprint density at radius 1 is 1.57 bits per heavy atom. The number of hydrogen-bond donors (Lipinski definition) is 1. The molecule has 0 amide bonds. The molecule has 1 N–H and O–H groups in total. The number of aryl methyl sites for hydroxylation is 1. The second-order valence-electron chi connectivity index (χ2n) is 3.28. The summed E-state index contributed by atoms with van der Waals surface area (Å²) in [6.07, 6.45) is 6.11. The maximum atomic E-state index is 4.20. The number of nitrogens with zero attached hydrogens (tertiary/aromatic N) is 2. The van der Waals surface area contributed by atoms with Gasteiger partial charge < -0.3 is 5.32 Å². The largest absolute Gasteiger partial charge is 0.311 e. The summed E-state index contributed by atoms with van der Waals surface area (Å²) in [6.45, 7) is 8.27. The lowest BCUT2D eigenvalue weighted by Crippen LogP contribution is -2.22. The Hall–Kier alpha value is -1.09. The fourth-order valence-electron chi connectivity index (χ4n) is 1.38. The molecule has 3 heteroatoms. The topological polar surface area (TPSA) is 29.9 Å². The van der Waals surface area contributed by atoms with Crippen LogP contribution in [0.25, 0.3) is 6.08 Å². The first kappa shape index (κ1) is 11.0. The van der Waals surface area contributed by atoms with Crippen LogP contribution in [0.2, 0.25) is 0 Å². The van der Waals surface area contributed by atoms with Crippen molar-refractivity contribution in [2.24, 2.45) is 0 Å². The predicted molar refractivity (Wildman–Crippen MR) is 60.1 cm³/mol. The molecule has 1 aromatic rings. The molecule has 0 aromatic carbocycles. The zero-order chi connectivity index (χ0) is 10.4. The van der Waals surface area contributed by atoms with Crippen LogP contribution in [0, 0.1) is 0 Å². The molecule has 0 saturated carbocycles. The van der Waals surface area contributed by atoms with E-state index in [0.29, 0.717) is 6.04 Å². The van der Waals surface area contributed by atoms with Crippen molar-refractivity contribution in [3.05, 3.63) is 24.0 Å². The van der Waals surface area contributed by atoms with Crippen LogP contribution in [0.1, 0.15) is 26.5 Å². The van der Waals surface area contributed by atoms with E-state index in [0.717, 1.165) is 18.8 Å². The highest BCUT2D eigenvalue weighted by Gasteiger charge is 1.96. The van der Waals surface area contributed by atoms with E-state index in [1.165, 1.54) is 0 Å². The molecule has 0 fully saturated rings. The van der Waals surface area contributed by atoms with Gasteiger partial charge in [-0.05, 0) is 32.5 Å². The van der Waals surface area contributed by atoms with Gasteiger partial charge in [0.15, 0.2) is 0 Å². The Balaban J connectivity index is 2.58. The molecule has 0 bridgehead atoms. The summed E-state index contributed by atoms with van der Waals surface area (Å²) < 4.78 is 1.98. The van der Waals surface area contributed by atoms with Gasteiger partial charge in [0.2, 0.25) is 0 Å². The normalized spacial score (nSPS) is 13.6. The van der Waals surface area contributed by atoms with Gasteiger partial charge in [-0.2, -0.15) is 5.10 Å². The minimum atomic E-state index is 0.417. The molecule has 0 aliphatic heterocycles. The summed E-state index contributed by atoms with van der Waals surface area (Å²) in [5, 5.41) is 7.53. The molecule has 3 nitrogen and oxygen atoms in total. The van der Waals surface area contributed by atoms with Crippen molar-refractivity contribution < 1.29 is 0 Å². The van der Waals surface area contributed by atoms with Crippen LogP contribution < -0.4 is 5.32 Å². The van der Waals surface area contributed by atoms with Crippen LogP contribution in [-0.4, -0.2) is 22.4 Å². The van der Waals surface area contributed by atoms with Crippen molar-refractivity contribution in [3.8, 4) is 0 Å². The molecule has 0 saturated heterocycles. The maximum absolute atomic E-state index is 4.20.